The van der Waals surface area contributed by atoms with Crippen LogP contribution in [0.1, 0.15) is 18.4 Å². The summed E-state index contributed by atoms with van der Waals surface area (Å²) in [4.78, 5) is 0. The van der Waals surface area contributed by atoms with E-state index >= 15 is 0 Å². The maximum atomic E-state index is 13.8. The third kappa shape index (κ3) is 2.41. The van der Waals surface area contributed by atoms with Gasteiger partial charge in [-0.15, -0.1) is 0 Å². The van der Waals surface area contributed by atoms with Crippen molar-refractivity contribution in [3.8, 4) is 5.75 Å². The zero-order chi connectivity index (χ0) is 10.8. The quantitative estimate of drug-likeness (QED) is 0.857. The number of ether oxygens (including phenoxy) is 1. The van der Waals surface area contributed by atoms with Gasteiger partial charge in [0.25, 0.3) is 0 Å². The smallest absolute Gasteiger partial charge is 0.171 e. The van der Waals surface area contributed by atoms with Crippen molar-refractivity contribution in [2.24, 2.45) is 0 Å². The van der Waals surface area contributed by atoms with Gasteiger partial charge in [0.05, 0.1) is 7.11 Å². The van der Waals surface area contributed by atoms with E-state index < -0.39 is 0 Å². The lowest BCUT2D eigenvalue weighted by Gasteiger charge is -2.10. The molecule has 1 fully saturated rings. The van der Waals surface area contributed by atoms with Gasteiger partial charge in [0.1, 0.15) is 0 Å². The van der Waals surface area contributed by atoms with Crippen LogP contribution in [-0.4, -0.2) is 13.2 Å². The first-order valence-electron chi connectivity index (χ1n) is 4.96. The summed E-state index contributed by atoms with van der Waals surface area (Å²) < 4.78 is 18.7. The Morgan fingerprint density at radius 3 is 2.87 bits per heavy atom. The third-order valence-electron chi connectivity index (χ3n) is 2.52. The lowest BCUT2D eigenvalue weighted by Crippen LogP contribution is -2.16. The van der Waals surface area contributed by atoms with Crippen LogP contribution in [0.2, 0.25) is 5.02 Å². The van der Waals surface area contributed by atoms with Crippen molar-refractivity contribution in [2.75, 3.05) is 7.11 Å². The highest BCUT2D eigenvalue weighted by Gasteiger charge is 2.22. The molecule has 0 spiro atoms. The topological polar surface area (TPSA) is 21.3 Å². The molecule has 0 radical (unpaired) electrons. The molecule has 82 valence electrons. The summed E-state index contributed by atoms with van der Waals surface area (Å²) in [5, 5.41) is 3.67. The molecule has 1 saturated carbocycles. The molecule has 15 heavy (non-hydrogen) atoms. The highest BCUT2D eigenvalue weighted by atomic mass is 35.5. The number of methoxy groups -OCH3 is 1. The zero-order valence-electron chi connectivity index (χ0n) is 8.52. The van der Waals surface area contributed by atoms with Crippen LogP contribution in [0.3, 0.4) is 0 Å². The maximum Gasteiger partial charge on any atom is 0.171 e. The summed E-state index contributed by atoms with van der Waals surface area (Å²) in [6, 6.07) is 3.73. The third-order valence-corrected chi connectivity index (χ3v) is 2.87. The SMILES string of the molecule is COc1ccc(Cl)c(CNC2CC2)c1F. The lowest BCUT2D eigenvalue weighted by molar-refractivity contribution is 0.383. The van der Waals surface area contributed by atoms with Gasteiger partial charge in [0, 0.05) is 23.2 Å². The fourth-order valence-corrected chi connectivity index (χ4v) is 1.64. The number of halogens is 2. The van der Waals surface area contributed by atoms with E-state index in [1.165, 1.54) is 26.0 Å². The number of benzene rings is 1. The molecule has 0 bridgehead atoms. The molecular formula is C11H13ClFNO. The fourth-order valence-electron chi connectivity index (χ4n) is 1.43. The van der Waals surface area contributed by atoms with E-state index in [1.54, 1.807) is 6.07 Å². The highest BCUT2D eigenvalue weighted by Crippen LogP contribution is 2.28. The second kappa shape index (κ2) is 4.37. The zero-order valence-corrected chi connectivity index (χ0v) is 9.27. The largest absolute Gasteiger partial charge is 0.494 e. The highest BCUT2D eigenvalue weighted by molar-refractivity contribution is 6.31. The van der Waals surface area contributed by atoms with Crippen LogP contribution in [-0.2, 0) is 6.54 Å². The van der Waals surface area contributed by atoms with Crippen LogP contribution >= 0.6 is 11.6 Å². The summed E-state index contributed by atoms with van der Waals surface area (Å²) in [7, 11) is 1.45. The Morgan fingerprint density at radius 2 is 2.27 bits per heavy atom. The predicted molar refractivity (Wildman–Crippen MR) is 57.8 cm³/mol. The summed E-state index contributed by atoms with van der Waals surface area (Å²) in [6.07, 6.45) is 2.34. The van der Waals surface area contributed by atoms with Crippen molar-refractivity contribution in [3.63, 3.8) is 0 Å². The fraction of sp³-hybridized carbons (Fsp3) is 0.455. The van der Waals surface area contributed by atoms with Gasteiger partial charge >= 0.3 is 0 Å². The molecule has 1 N–H and O–H groups in total. The number of nitrogens with one attached hydrogen (secondary N) is 1. The molecule has 2 rings (SSSR count). The van der Waals surface area contributed by atoms with Crippen LogP contribution in [0.25, 0.3) is 0 Å². The second-order valence-electron chi connectivity index (χ2n) is 3.70. The van der Waals surface area contributed by atoms with Crippen molar-refractivity contribution in [1.29, 1.82) is 0 Å². The van der Waals surface area contributed by atoms with Gasteiger partial charge in [-0.05, 0) is 25.0 Å². The van der Waals surface area contributed by atoms with Crippen molar-refractivity contribution in [3.05, 3.63) is 28.5 Å². The standard InChI is InChI=1S/C11H13ClFNO/c1-15-10-5-4-9(12)8(11(10)13)6-14-7-2-3-7/h4-5,7,14H,2-3,6H2,1H3. The van der Waals surface area contributed by atoms with E-state index in [1.807, 2.05) is 0 Å². The van der Waals surface area contributed by atoms with Crippen LogP contribution < -0.4 is 10.1 Å². The minimum Gasteiger partial charge on any atom is -0.494 e. The Hall–Kier alpha value is -0.800. The van der Waals surface area contributed by atoms with E-state index in [4.69, 9.17) is 16.3 Å². The van der Waals surface area contributed by atoms with Gasteiger partial charge in [-0.3, -0.25) is 0 Å². The van der Waals surface area contributed by atoms with E-state index in [0.717, 1.165) is 0 Å². The molecule has 0 amide bonds. The first-order chi connectivity index (χ1) is 7.22. The van der Waals surface area contributed by atoms with Gasteiger partial charge in [0.15, 0.2) is 11.6 Å². The minimum absolute atomic E-state index is 0.243. The summed E-state index contributed by atoms with van der Waals surface area (Å²) in [5.74, 6) is -0.120. The Balaban J connectivity index is 2.18. The van der Waals surface area contributed by atoms with Crippen LogP contribution in [0, 0.1) is 5.82 Å². The normalized spacial score (nSPS) is 15.4. The Kier molecular flexibility index (Phi) is 3.12. The van der Waals surface area contributed by atoms with Gasteiger partial charge in [0.2, 0.25) is 0 Å². The van der Waals surface area contributed by atoms with Crippen LogP contribution in [0.5, 0.6) is 5.75 Å². The van der Waals surface area contributed by atoms with Crippen molar-refractivity contribution < 1.29 is 9.13 Å². The average molecular weight is 230 g/mol. The Morgan fingerprint density at radius 1 is 1.53 bits per heavy atom. The first-order valence-corrected chi connectivity index (χ1v) is 5.34. The molecule has 2 nitrogen and oxygen atoms in total. The molecule has 0 heterocycles. The molecule has 4 heteroatoms. The summed E-state index contributed by atoms with van der Waals surface area (Å²) in [6.45, 7) is 0.465. The van der Waals surface area contributed by atoms with Crippen molar-refractivity contribution in [1.82, 2.24) is 5.32 Å². The van der Waals surface area contributed by atoms with Crippen LogP contribution in [0.15, 0.2) is 12.1 Å². The molecule has 1 aliphatic rings. The monoisotopic (exact) mass is 229 g/mol. The first kappa shape index (κ1) is 10.7. The minimum atomic E-state index is -0.363. The van der Waals surface area contributed by atoms with E-state index in [9.17, 15) is 4.39 Å². The maximum absolute atomic E-state index is 13.8. The average Bonchev–Trinajstić information content (AvgIpc) is 3.02. The van der Waals surface area contributed by atoms with Gasteiger partial charge in [-0.25, -0.2) is 4.39 Å². The lowest BCUT2D eigenvalue weighted by atomic mass is 10.2. The van der Waals surface area contributed by atoms with Gasteiger partial charge < -0.3 is 10.1 Å². The summed E-state index contributed by atoms with van der Waals surface area (Å²) in [5.41, 5.74) is 0.489. The molecule has 0 unspecified atom stereocenters. The molecule has 0 aromatic heterocycles. The molecule has 0 aliphatic heterocycles. The Labute approximate surface area is 93.4 Å². The van der Waals surface area contributed by atoms with Crippen molar-refractivity contribution in [2.45, 2.75) is 25.4 Å². The van der Waals surface area contributed by atoms with E-state index in [2.05, 4.69) is 5.32 Å². The van der Waals surface area contributed by atoms with Crippen molar-refractivity contribution >= 4 is 11.6 Å². The van der Waals surface area contributed by atoms with E-state index in [0.29, 0.717) is 23.2 Å². The molecule has 1 aliphatic carbocycles. The van der Waals surface area contributed by atoms with Crippen LogP contribution in [0.4, 0.5) is 4.39 Å². The molecule has 0 atom stereocenters. The molecule has 1 aromatic carbocycles. The molecule has 0 saturated heterocycles. The number of rotatable bonds is 4. The van der Waals surface area contributed by atoms with E-state index in [-0.39, 0.29) is 11.6 Å². The number of hydrogen-bond donors (Lipinski definition) is 1. The molecular weight excluding hydrogens is 217 g/mol. The Bertz CT molecular complexity index is 366. The number of hydrogen-bond acceptors (Lipinski definition) is 2. The predicted octanol–water partition coefficient (Wildman–Crippen LogP) is 2.74. The summed E-state index contributed by atoms with van der Waals surface area (Å²) >= 11 is 5.93. The van der Waals surface area contributed by atoms with Gasteiger partial charge in [-0.2, -0.15) is 0 Å². The molecule has 1 aromatic rings. The second-order valence-corrected chi connectivity index (χ2v) is 4.10. The van der Waals surface area contributed by atoms with Gasteiger partial charge in [-0.1, -0.05) is 11.6 Å².